The number of rotatable bonds is 3. The van der Waals surface area contributed by atoms with E-state index in [9.17, 15) is 9.18 Å². The lowest BCUT2D eigenvalue weighted by molar-refractivity contribution is 0.0697. The summed E-state index contributed by atoms with van der Waals surface area (Å²) in [6, 6.07) is 11.5. The van der Waals surface area contributed by atoms with Crippen molar-refractivity contribution in [1.82, 2.24) is 9.78 Å². The Morgan fingerprint density at radius 1 is 1.18 bits per heavy atom. The van der Waals surface area contributed by atoms with Crippen LogP contribution in [0.4, 0.5) is 4.39 Å². The van der Waals surface area contributed by atoms with Crippen molar-refractivity contribution in [2.45, 2.75) is 6.92 Å². The number of carbonyl (C=O) groups is 1. The van der Waals surface area contributed by atoms with E-state index in [4.69, 9.17) is 5.11 Å². The topological polar surface area (TPSA) is 55.1 Å². The van der Waals surface area contributed by atoms with Crippen molar-refractivity contribution < 1.29 is 14.3 Å². The molecular formula is C17H13FN2O2. The molecule has 3 aromatic rings. The van der Waals surface area contributed by atoms with Crippen LogP contribution in [0.2, 0.25) is 0 Å². The summed E-state index contributed by atoms with van der Waals surface area (Å²) in [5.41, 5.74) is 2.91. The molecule has 0 aliphatic carbocycles. The Bertz CT molecular complexity index is 855. The van der Waals surface area contributed by atoms with Crippen LogP contribution in [0.15, 0.2) is 54.9 Å². The van der Waals surface area contributed by atoms with Crippen molar-refractivity contribution in [2.24, 2.45) is 0 Å². The molecule has 22 heavy (non-hydrogen) atoms. The number of nitrogens with zero attached hydrogens (tertiary/aromatic N) is 2. The quantitative estimate of drug-likeness (QED) is 0.802. The molecule has 5 heteroatoms. The van der Waals surface area contributed by atoms with Gasteiger partial charge in [0.15, 0.2) is 0 Å². The molecule has 0 unspecified atom stereocenters. The third-order valence-electron chi connectivity index (χ3n) is 3.45. The van der Waals surface area contributed by atoms with Crippen molar-refractivity contribution in [2.75, 3.05) is 0 Å². The molecule has 2 aromatic carbocycles. The number of halogens is 1. The van der Waals surface area contributed by atoms with E-state index in [1.54, 1.807) is 42.2 Å². The number of hydrogen-bond donors (Lipinski definition) is 1. The zero-order valence-electron chi connectivity index (χ0n) is 11.8. The van der Waals surface area contributed by atoms with Gasteiger partial charge in [-0.3, -0.25) is 0 Å². The summed E-state index contributed by atoms with van der Waals surface area (Å²) in [5, 5.41) is 13.2. The van der Waals surface area contributed by atoms with Gasteiger partial charge in [-0.2, -0.15) is 5.10 Å². The van der Waals surface area contributed by atoms with Crippen molar-refractivity contribution in [1.29, 1.82) is 0 Å². The highest BCUT2D eigenvalue weighted by Gasteiger charge is 2.08. The van der Waals surface area contributed by atoms with Gasteiger partial charge in [-0.15, -0.1) is 0 Å². The average molecular weight is 296 g/mol. The molecule has 0 fully saturated rings. The van der Waals surface area contributed by atoms with Gasteiger partial charge in [-0.1, -0.05) is 18.2 Å². The van der Waals surface area contributed by atoms with Gasteiger partial charge in [0, 0.05) is 11.8 Å². The molecule has 0 bridgehead atoms. The number of carboxylic acids is 1. The van der Waals surface area contributed by atoms with Crippen molar-refractivity contribution in [3.8, 4) is 16.8 Å². The summed E-state index contributed by atoms with van der Waals surface area (Å²) in [6.45, 7) is 1.71. The Morgan fingerprint density at radius 2 is 2.00 bits per heavy atom. The first-order valence-corrected chi connectivity index (χ1v) is 6.69. The first kappa shape index (κ1) is 14.0. The number of aromatic carboxylic acids is 1. The van der Waals surface area contributed by atoms with Crippen molar-refractivity contribution in [3.05, 3.63) is 71.8 Å². The van der Waals surface area contributed by atoms with Crippen LogP contribution in [0.3, 0.4) is 0 Å². The largest absolute Gasteiger partial charge is 0.478 e. The van der Waals surface area contributed by atoms with Gasteiger partial charge < -0.3 is 5.11 Å². The molecule has 4 nitrogen and oxygen atoms in total. The second kappa shape index (κ2) is 5.44. The number of carboxylic acid groups (broad SMARTS) is 1. The molecule has 3 rings (SSSR count). The summed E-state index contributed by atoms with van der Waals surface area (Å²) in [7, 11) is 0. The maximum atomic E-state index is 13.6. The maximum Gasteiger partial charge on any atom is 0.335 e. The summed E-state index contributed by atoms with van der Waals surface area (Å²) in [5.74, 6) is -1.26. The number of benzene rings is 2. The number of hydrogen-bond acceptors (Lipinski definition) is 2. The summed E-state index contributed by atoms with van der Waals surface area (Å²) in [4.78, 5) is 11.0. The molecule has 0 amide bonds. The van der Waals surface area contributed by atoms with E-state index in [1.165, 1.54) is 18.2 Å². The molecule has 0 saturated heterocycles. The van der Waals surface area contributed by atoms with E-state index < -0.39 is 5.97 Å². The fourth-order valence-electron chi connectivity index (χ4n) is 2.17. The fourth-order valence-corrected chi connectivity index (χ4v) is 2.17. The monoisotopic (exact) mass is 296 g/mol. The molecule has 0 radical (unpaired) electrons. The first-order valence-electron chi connectivity index (χ1n) is 6.69. The van der Waals surface area contributed by atoms with Gasteiger partial charge in [-0.05, 0) is 42.3 Å². The molecule has 110 valence electrons. The molecule has 0 saturated carbocycles. The van der Waals surface area contributed by atoms with Gasteiger partial charge in [0.25, 0.3) is 0 Å². The number of aromatic nitrogens is 2. The first-order chi connectivity index (χ1) is 10.5. The number of aryl methyl sites for hydroxylation is 1. The van der Waals surface area contributed by atoms with Crippen LogP contribution in [0.5, 0.6) is 0 Å². The summed E-state index contributed by atoms with van der Waals surface area (Å²) < 4.78 is 15.2. The van der Waals surface area contributed by atoms with Crippen molar-refractivity contribution >= 4 is 5.97 Å². The van der Waals surface area contributed by atoms with Gasteiger partial charge >= 0.3 is 5.97 Å². The SMILES string of the molecule is Cc1ccc(-c2cnn(-c3cccc(C(=O)O)c3)c2)cc1F. The Morgan fingerprint density at radius 3 is 2.73 bits per heavy atom. The van der Waals surface area contributed by atoms with Crippen LogP contribution in [0.1, 0.15) is 15.9 Å². The lowest BCUT2D eigenvalue weighted by Gasteiger charge is -2.03. The standard InChI is InChI=1S/C17H13FN2O2/c1-11-5-6-12(8-16(11)18)14-9-19-20(10-14)15-4-2-3-13(7-15)17(21)22/h2-10H,1H3,(H,21,22). The van der Waals surface area contributed by atoms with E-state index in [-0.39, 0.29) is 11.4 Å². The average Bonchev–Trinajstić information content (AvgIpc) is 3.00. The molecule has 0 spiro atoms. The second-order valence-corrected chi connectivity index (χ2v) is 4.99. The smallest absolute Gasteiger partial charge is 0.335 e. The van der Waals surface area contributed by atoms with E-state index in [0.29, 0.717) is 11.3 Å². The summed E-state index contributed by atoms with van der Waals surface area (Å²) in [6.07, 6.45) is 3.36. The lowest BCUT2D eigenvalue weighted by atomic mass is 10.1. The zero-order valence-corrected chi connectivity index (χ0v) is 11.8. The predicted octanol–water partition coefficient (Wildman–Crippen LogP) is 3.69. The normalized spacial score (nSPS) is 10.6. The van der Waals surface area contributed by atoms with Crippen molar-refractivity contribution in [3.63, 3.8) is 0 Å². The van der Waals surface area contributed by atoms with E-state index in [0.717, 1.165) is 11.1 Å². The third kappa shape index (κ3) is 2.61. The van der Waals surface area contributed by atoms with E-state index in [1.807, 2.05) is 6.07 Å². The van der Waals surface area contributed by atoms with Crippen LogP contribution >= 0.6 is 0 Å². The fraction of sp³-hybridized carbons (Fsp3) is 0.0588. The zero-order chi connectivity index (χ0) is 15.7. The van der Waals surface area contributed by atoms with Crippen LogP contribution in [-0.4, -0.2) is 20.9 Å². The van der Waals surface area contributed by atoms with Crippen LogP contribution < -0.4 is 0 Å². The Kier molecular flexibility index (Phi) is 3.47. The Balaban J connectivity index is 1.98. The van der Waals surface area contributed by atoms with Crippen LogP contribution in [-0.2, 0) is 0 Å². The third-order valence-corrected chi connectivity index (χ3v) is 3.45. The highest BCUT2D eigenvalue weighted by molar-refractivity contribution is 5.88. The second-order valence-electron chi connectivity index (χ2n) is 4.99. The van der Waals surface area contributed by atoms with Crippen LogP contribution in [0.25, 0.3) is 16.8 Å². The van der Waals surface area contributed by atoms with Gasteiger partial charge in [0.2, 0.25) is 0 Å². The van der Waals surface area contributed by atoms with E-state index in [2.05, 4.69) is 5.10 Å². The van der Waals surface area contributed by atoms with Crippen LogP contribution in [0, 0.1) is 12.7 Å². The molecule has 1 aromatic heterocycles. The minimum Gasteiger partial charge on any atom is -0.478 e. The molecule has 0 atom stereocenters. The molecule has 0 aliphatic rings. The minimum absolute atomic E-state index is 0.191. The Hall–Kier alpha value is -2.95. The van der Waals surface area contributed by atoms with Gasteiger partial charge in [-0.25, -0.2) is 13.9 Å². The van der Waals surface area contributed by atoms with E-state index >= 15 is 0 Å². The highest BCUT2D eigenvalue weighted by Crippen LogP contribution is 2.22. The lowest BCUT2D eigenvalue weighted by Crippen LogP contribution is -1.99. The summed E-state index contributed by atoms with van der Waals surface area (Å²) >= 11 is 0. The molecule has 1 heterocycles. The molecule has 1 N–H and O–H groups in total. The van der Waals surface area contributed by atoms with Gasteiger partial charge in [0.05, 0.1) is 17.4 Å². The Labute approximate surface area is 126 Å². The highest BCUT2D eigenvalue weighted by atomic mass is 19.1. The van der Waals surface area contributed by atoms with Gasteiger partial charge in [0.1, 0.15) is 5.82 Å². The molecule has 0 aliphatic heterocycles. The molecular weight excluding hydrogens is 283 g/mol. The predicted molar refractivity (Wildman–Crippen MR) is 80.7 cm³/mol. The minimum atomic E-state index is -0.991. The maximum absolute atomic E-state index is 13.6.